The van der Waals surface area contributed by atoms with Gasteiger partial charge in [-0.25, -0.2) is 0 Å². The Morgan fingerprint density at radius 2 is 1.85 bits per heavy atom. The Labute approximate surface area is 133 Å². The number of benzene rings is 2. The molecule has 0 fully saturated rings. The highest BCUT2D eigenvalue weighted by molar-refractivity contribution is 9.10. The molecule has 2 rings (SSSR count). The zero-order valence-corrected chi connectivity index (χ0v) is 13.9. The van der Waals surface area contributed by atoms with Crippen LogP contribution >= 0.6 is 27.5 Å². The summed E-state index contributed by atoms with van der Waals surface area (Å²) in [4.78, 5) is 0. The van der Waals surface area contributed by atoms with E-state index in [0.29, 0.717) is 11.6 Å². The molecule has 0 bridgehead atoms. The van der Waals surface area contributed by atoms with Crippen LogP contribution in [0.1, 0.15) is 22.7 Å². The number of nitrogens with two attached hydrogens (primary N) is 1. The second-order valence-electron chi connectivity index (χ2n) is 4.87. The molecular formula is C16H18BrClN2. The Balaban J connectivity index is 2.31. The summed E-state index contributed by atoms with van der Waals surface area (Å²) >= 11 is 9.53. The predicted molar refractivity (Wildman–Crippen MR) is 90.5 cm³/mol. The van der Waals surface area contributed by atoms with E-state index in [1.165, 1.54) is 16.7 Å². The van der Waals surface area contributed by atoms with Crippen molar-refractivity contribution in [2.45, 2.75) is 19.9 Å². The fourth-order valence-corrected chi connectivity index (χ4v) is 2.84. The Morgan fingerprint density at radius 1 is 1.20 bits per heavy atom. The Hall–Kier alpha value is -1.03. The number of aryl methyl sites for hydroxylation is 2. The predicted octanol–water partition coefficient (Wildman–Crippen LogP) is 4.83. The zero-order valence-electron chi connectivity index (χ0n) is 11.6. The van der Waals surface area contributed by atoms with Crippen molar-refractivity contribution in [1.82, 2.24) is 0 Å². The molecule has 2 nitrogen and oxygen atoms in total. The molecule has 2 aromatic carbocycles. The van der Waals surface area contributed by atoms with E-state index < -0.39 is 0 Å². The van der Waals surface area contributed by atoms with Gasteiger partial charge in [-0.2, -0.15) is 0 Å². The van der Waals surface area contributed by atoms with Crippen molar-refractivity contribution in [3.8, 4) is 0 Å². The average Bonchev–Trinajstić information content (AvgIpc) is 2.41. The van der Waals surface area contributed by atoms with Gasteiger partial charge in [-0.1, -0.05) is 29.8 Å². The van der Waals surface area contributed by atoms with Crippen molar-refractivity contribution in [2.24, 2.45) is 5.73 Å². The maximum absolute atomic E-state index is 6.13. The highest BCUT2D eigenvalue weighted by Gasteiger charge is 2.14. The summed E-state index contributed by atoms with van der Waals surface area (Å²) in [7, 11) is 0. The zero-order chi connectivity index (χ0) is 14.7. The van der Waals surface area contributed by atoms with Crippen LogP contribution in [-0.2, 0) is 0 Å². The molecule has 0 saturated heterocycles. The van der Waals surface area contributed by atoms with Gasteiger partial charge in [-0.3, -0.25) is 0 Å². The van der Waals surface area contributed by atoms with Crippen LogP contribution in [0.2, 0.25) is 5.02 Å². The SMILES string of the molecule is Cc1cccc(C)c1C(CN)Nc1ccc(Br)c(Cl)c1. The van der Waals surface area contributed by atoms with E-state index in [1.807, 2.05) is 18.2 Å². The van der Waals surface area contributed by atoms with Crippen LogP contribution in [0, 0.1) is 13.8 Å². The lowest BCUT2D eigenvalue weighted by molar-refractivity contribution is 0.777. The average molecular weight is 354 g/mol. The molecule has 1 unspecified atom stereocenters. The van der Waals surface area contributed by atoms with Crippen LogP contribution < -0.4 is 11.1 Å². The third kappa shape index (κ3) is 3.35. The molecule has 0 aliphatic heterocycles. The number of hydrogen-bond acceptors (Lipinski definition) is 2. The number of anilines is 1. The van der Waals surface area contributed by atoms with Crippen molar-refractivity contribution in [3.63, 3.8) is 0 Å². The van der Waals surface area contributed by atoms with E-state index in [-0.39, 0.29) is 6.04 Å². The summed E-state index contributed by atoms with van der Waals surface area (Å²) in [6, 6.07) is 12.2. The molecule has 3 N–H and O–H groups in total. The summed E-state index contributed by atoms with van der Waals surface area (Å²) in [6.07, 6.45) is 0. The monoisotopic (exact) mass is 352 g/mol. The lowest BCUT2D eigenvalue weighted by atomic mass is 9.96. The third-order valence-corrected chi connectivity index (χ3v) is 4.62. The molecule has 1 atom stereocenters. The minimum atomic E-state index is 0.0773. The normalized spacial score (nSPS) is 12.2. The minimum Gasteiger partial charge on any atom is -0.377 e. The minimum absolute atomic E-state index is 0.0773. The fourth-order valence-electron chi connectivity index (χ4n) is 2.41. The summed E-state index contributed by atoms with van der Waals surface area (Å²) < 4.78 is 0.890. The second-order valence-corrected chi connectivity index (χ2v) is 6.13. The molecule has 0 amide bonds. The van der Waals surface area contributed by atoms with Crippen LogP contribution in [0.5, 0.6) is 0 Å². The molecule has 4 heteroatoms. The number of rotatable bonds is 4. The Kier molecular flexibility index (Phi) is 5.08. The van der Waals surface area contributed by atoms with Crippen LogP contribution in [-0.4, -0.2) is 6.54 Å². The lowest BCUT2D eigenvalue weighted by Gasteiger charge is -2.23. The van der Waals surface area contributed by atoms with E-state index in [4.69, 9.17) is 17.3 Å². The van der Waals surface area contributed by atoms with E-state index in [1.54, 1.807) is 0 Å². The van der Waals surface area contributed by atoms with Gasteiger partial charge in [0.25, 0.3) is 0 Å². The quantitative estimate of drug-likeness (QED) is 0.826. The topological polar surface area (TPSA) is 38.0 Å². The van der Waals surface area contributed by atoms with Crippen molar-refractivity contribution >= 4 is 33.2 Å². The standard InChI is InChI=1S/C16H18BrClN2/c1-10-4-3-5-11(2)16(10)15(9-19)20-12-6-7-13(17)14(18)8-12/h3-8,15,20H,9,19H2,1-2H3. The first-order valence-electron chi connectivity index (χ1n) is 6.50. The molecule has 20 heavy (non-hydrogen) atoms. The maximum Gasteiger partial charge on any atom is 0.0641 e. The van der Waals surface area contributed by atoms with Gasteiger partial charge in [0.05, 0.1) is 11.1 Å². The number of hydrogen-bond donors (Lipinski definition) is 2. The van der Waals surface area contributed by atoms with E-state index in [0.717, 1.165) is 10.2 Å². The first kappa shape index (κ1) is 15.4. The molecular weight excluding hydrogens is 336 g/mol. The number of halogens is 2. The molecule has 0 spiro atoms. The van der Waals surface area contributed by atoms with Gasteiger partial charge >= 0.3 is 0 Å². The van der Waals surface area contributed by atoms with Gasteiger partial charge in [0.2, 0.25) is 0 Å². The highest BCUT2D eigenvalue weighted by Crippen LogP contribution is 2.29. The Morgan fingerprint density at radius 3 is 2.40 bits per heavy atom. The van der Waals surface area contributed by atoms with Crippen LogP contribution in [0.25, 0.3) is 0 Å². The van der Waals surface area contributed by atoms with Gasteiger partial charge in [0, 0.05) is 16.7 Å². The van der Waals surface area contributed by atoms with Gasteiger partial charge in [0.15, 0.2) is 0 Å². The first-order chi connectivity index (χ1) is 9.52. The second kappa shape index (κ2) is 6.61. The first-order valence-corrected chi connectivity index (χ1v) is 7.67. The van der Waals surface area contributed by atoms with E-state index in [2.05, 4.69) is 53.3 Å². The van der Waals surface area contributed by atoms with Crippen molar-refractivity contribution < 1.29 is 0 Å². The van der Waals surface area contributed by atoms with Crippen molar-refractivity contribution in [2.75, 3.05) is 11.9 Å². The summed E-state index contributed by atoms with van der Waals surface area (Å²) in [5.74, 6) is 0. The maximum atomic E-state index is 6.13. The molecule has 0 aliphatic rings. The summed E-state index contributed by atoms with van der Waals surface area (Å²) in [5.41, 5.74) is 10.7. The molecule has 106 valence electrons. The number of nitrogens with one attached hydrogen (secondary N) is 1. The fraction of sp³-hybridized carbons (Fsp3) is 0.250. The van der Waals surface area contributed by atoms with Crippen molar-refractivity contribution in [3.05, 3.63) is 62.6 Å². The lowest BCUT2D eigenvalue weighted by Crippen LogP contribution is -2.22. The third-order valence-electron chi connectivity index (χ3n) is 3.39. The molecule has 0 aliphatic carbocycles. The van der Waals surface area contributed by atoms with Gasteiger partial charge < -0.3 is 11.1 Å². The Bertz CT molecular complexity index is 593. The molecule has 0 saturated carbocycles. The van der Waals surface area contributed by atoms with E-state index >= 15 is 0 Å². The van der Waals surface area contributed by atoms with Gasteiger partial charge in [0.1, 0.15) is 0 Å². The molecule has 2 aromatic rings. The van der Waals surface area contributed by atoms with Crippen LogP contribution in [0.15, 0.2) is 40.9 Å². The van der Waals surface area contributed by atoms with E-state index in [9.17, 15) is 0 Å². The molecule has 0 radical (unpaired) electrons. The van der Waals surface area contributed by atoms with Crippen molar-refractivity contribution in [1.29, 1.82) is 0 Å². The molecule has 0 aromatic heterocycles. The van der Waals surface area contributed by atoms with Crippen LogP contribution in [0.4, 0.5) is 5.69 Å². The summed E-state index contributed by atoms with van der Waals surface area (Å²) in [6.45, 7) is 4.75. The van der Waals surface area contributed by atoms with Gasteiger partial charge in [-0.15, -0.1) is 0 Å². The van der Waals surface area contributed by atoms with Crippen LogP contribution in [0.3, 0.4) is 0 Å². The largest absolute Gasteiger partial charge is 0.377 e. The van der Waals surface area contributed by atoms with Gasteiger partial charge in [-0.05, 0) is 64.7 Å². The smallest absolute Gasteiger partial charge is 0.0641 e. The summed E-state index contributed by atoms with van der Waals surface area (Å²) in [5, 5.41) is 4.15. The molecule has 0 heterocycles. The highest BCUT2D eigenvalue weighted by atomic mass is 79.9.